The molecule has 1 saturated carbocycles. The van der Waals surface area contributed by atoms with Crippen molar-refractivity contribution in [1.29, 1.82) is 0 Å². The number of pyridine rings is 1. The molecule has 46 heavy (non-hydrogen) atoms. The van der Waals surface area contributed by atoms with Gasteiger partial charge in [0.1, 0.15) is 6.04 Å². The van der Waals surface area contributed by atoms with Crippen LogP contribution < -0.4 is 16.0 Å². The molecule has 6 N–H and O–H groups in total. The minimum Gasteiger partial charge on any atom is -0.475 e. The molecule has 5 rings (SSSR count). The molecule has 2 fully saturated rings. The first-order valence-corrected chi connectivity index (χ1v) is 13.8. The molecule has 0 spiro atoms. The highest BCUT2D eigenvalue weighted by atomic mass is 19.4. The molecular formula is C29H31F6N5O6. The molecule has 2 aliphatic rings. The van der Waals surface area contributed by atoms with Gasteiger partial charge < -0.3 is 31.1 Å². The van der Waals surface area contributed by atoms with Crippen LogP contribution in [0.25, 0.3) is 10.9 Å². The molecule has 2 aromatic heterocycles. The predicted molar refractivity (Wildman–Crippen MR) is 150 cm³/mol. The first-order valence-electron chi connectivity index (χ1n) is 13.8. The summed E-state index contributed by atoms with van der Waals surface area (Å²) in [5.41, 5.74) is 3.47. The highest BCUT2D eigenvalue weighted by Gasteiger charge is 2.53. The summed E-state index contributed by atoms with van der Waals surface area (Å²) < 4.78 is 63.5. The van der Waals surface area contributed by atoms with Gasteiger partial charge in [0.2, 0.25) is 11.8 Å². The third kappa shape index (κ3) is 9.66. The van der Waals surface area contributed by atoms with Gasteiger partial charge >= 0.3 is 24.3 Å². The maximum Gasteiger partial charge on any atom is 0.490 e. The van der Waals surface area contributed by atoms with Crippen LogP contribution in [0.3, 0.4) is 0 Å². The second-order valence-corrected chi connectivity index (χ2v) is 10.7. The highest BCUT2D eigenvalue weighted by molar-refractivity contribution is 5.89. The summed E-state index contributed by atoms with van der Waals surface area (Å²) in [6, 6.07) is 13.7. The number of carbonyl (C=O) groups is 4. The molecular weight excluding hydrogens is 628 g/mol. The normalized spacial score (nSPS) is 19.0. The Labute approximate surface area is 257 Å². The van der Waals surface area contributed by atoms with Crippen molar-refractivity contribution >= 4 is 34.7 Å². The van der Waals surface area contributed by atoms with E-state index in [1.807, 2.05) is 18.2 Å². The fraction of sp³-hybridized carbons (Fsp3) is 0.414. The number of hydrogen-bond acceptors (Lipinski definition) is 6. The van der Waals surface area contributed by atoms with Crippen LogP contribution in [0.1, 0.15) is 37.4 Å². The molecule has 0 bridgehead atoms. The van der Waals surface area contributed by atoms with Gasteiger partial charge in [-0.05, 0) is 61.8 Å². The van der Waals surface area contributed by atoms with Crippen LogP contribution >= 0.6 is 0 Å². The van der Waals surface area contributed by atoms with Crippen molar-refractivity contribution < 1.29 is 55.7 Å². The molecule has 1 unspecified atom stereocenters. The fourth-order valence-corrected chi connectivity index (χ4v) is 5.04. The molecule has 11 nitrogen and oxygen atoms in total. The lowest BCUT2D eigenvalue weighted by Gasteiger charge is -2.23. The number of rotatable bonds is 7. The van der Waals surface area contributed by atoms with E-state index in [9.17, 15) is 35.9 Å². The van der Waals surface area contributed by atoms with Crippen molar-refractivity contribution in [2.75, 3.05) is 6.54 Å². The van der Waals surface area contributed by atoms with Gasteiger partial charge in [0.25, 0.3) is 0 Å². The highest BCUT2D eigenvalue weighted by Crippen LogP contribution is 2.56. The molecule has 1 aliphatic heterocycles. The van der Waals surface area contributed by atoms with E-state index in [0.717, 1.165) is 29.6 Å². The number of nitrogens with zero attached hydrogens (tertiary/aromatic N) is 1. The average molecular weight is 660 g/mol. The number of carboxylic acid groups (broad SMARTS) is 2. The van der Waals surface area contributed by atoms with Crippen LogP contribution in [-0.4, -0.2) is 74.9 Å². The van der Waals surface area contributed by atoms with Crippen LogP contribution in [0.15, 0.2) is 54.9 Å². The van der Waals surface area contributed by atoms with E-state index in [0.29, 0.717) is 12.5 Å². The molecule has 3 atom stereocenters. The lowest BCUT2D eigenvalue weighted by molar-refractivity contribution is -0.193. The Morgan fingerprint density at radius 1 is 1.00 bits per heavy atom. The van der Waals surface area contributed by atoms with E-state index >= 15 is 0 Å². The van der Waals surface area contributed by atoms with Gasteiger partial charge in [-0.3, -0.25) is 14.6 Å². The minimum atomic E-state index is -5.08. The first kappa shape index (κ1) is 35.8. The molecule has 1 aliphatic carbocycles. The van der Waals surface area contributed by atoms with E-state index in [-0.39, 0.29) is 23.3 Å². The smallest absolute Gasteiger partial charge is 0.475 e. The van der Waals surface area contributed by atoms with E-state index in [1.54, 1.807) is 19.3 Å². The third-order valence-corrected chi connectivity index (χ3v) is 7.53. The summed E-state index contributed by atoms with van der Waals surface area (Å²) in [6.45, 7) is 2.93. The fourth-order valence-electron chi connectivity index (χ4n) is 5.04. The molecule has 1 saturated heterocycles. The summed E-state index contributed by atoms with van der Waals surface area (Å²) in [6.07, 6.45) is -3.49. The predicted octanol–water partition coefficient (Wildman–Crippen LogP) is 3.66. The molecule has 3 heterocycles. The number of carbonyl (C=O) groups excluding carboxylic acids is 2. The summed E-state index contributed by atoms with van der Waals surface area (Å²) >= 11 is 0. The number of amides is 2. The van der Waals surface area contributed by atoms with Crippen LogP contribution in [0.2, 0.25) is 0 Å². The van der Waals surface area contributed by atoms with E-state index in [1.165, 1.54) is 18.4 Å². The largest absolute Gasteiger partial charge is 0.490 e. The number of H-pyrrole nitrogens is 1. The third-order valence-electron chi connectivity index (χ3n) is 7.53. The van der Waals surface area contributed by atoms with Gasteiger partial charge in [0.05, 0.1) is 12.6 Å². The molecule has 3 aromatic rings. The van der Waals surface area contributed by atoms with Gasteiger partial charge in [-0.2, -0.15) is 26.3 Å². The standard InChI is InChI=1S/C25H29N5O2.2C2HF3O2/c1-16(23(31)28-15-20-11-17-13-26-10-7-21(17)30-20)29-24(32)22-12-19(14-27-22)25(8-9-25)18-5-3-2-4-6-18;2*3-2(4,5)1(6)7/h2-7,10-11,13,16,19,22,27,30H,8-9,12,14-15H2,1H3,(H,28,31)(H,29,32);2*(H,6,7)/t16?,19-,22+;;/m0../s1. The Hall–Kier alpha value is -4.67. The second-order valence-electron chi connectivity index (χ2n) is 10.7. The Morgan fingerprint density at radius 3 is 2.11 bits per heavy atom. The summed E-state index contributed by atoms with van der Waals surface area (Å²) in [4.78, 5) is 50.5. The molecule has 250 valence electrons. The summed E-state index contributed by atoms with van der Waals surface area (Å²) in [7, 11) is 0. The minimum absolute atomic E-state index is 0.101. The first-order chi connectivity index (χ1) is 21.4. The SMILES string of the molecule is CC(NC(=O)[C@H]1C[C@H](C2(c3ccccc3)CC2)CN1)C(=O)NCc1cc2cnccc2[nH]1.O=C(O)C(F)(F)F.O=C(O)C(F)(F)F. The van der Waals surface area contributed by atoms with Crippen molar-refractivity contribution in [3.63, 3.8) is 0 Å². The molecule has 17 heteroatoms. The summed E-state index contributed by atoms with van der Waals surface area (Å²) in [5.74, 6) is -5.37. The monoisotopic (exact) mass is 659 g/mol. The Morgan fingerprint density at radius 2 is 1.59 bits per heavy atom. The summed E-state index contributed by atoms with van der Waals surface area (Å²) in [5, 5.41) is 24.4. The van der Waals surface area contributed by atoms with Crippen LogP contribution in [0, 0.1) is 5.92 Å². The Balaban J connectivity index is 0.000000345. The number of carboxylic acids is 2. The Bertz CT molecular complexity index is 1470. The van der Waals surface area contributed by atoms with Crippen molar-refractivity contribution in [2.24, 2.45) is 5.92 Å². The van der Waals surface area contributed by atoms with Crippen LogP contribution in [-0.2, 0) is 31.1 Å². The lowest BCUT2D eigenvalue weighted by Crippen LogP contribution is -2.49. The number of fused-ring (bicyclic) bond motifs is 1. The zero-order valence-corrected chi connectivity index (χ0v) is 24.2. The van der Waals surface area contributed by atoms with Gasteiger partial charge in [-0.1, -0.05) is 30.3 Å². The van der Waals surface area contributed by atoms with E-state index in [4.69, 9.17) is 19.8 Å². The lowest BCUT2D eigenvalue weighted by atomic mass is 9.81. The number of alkyl halides is 6. The molecule has 1 aromatic carbocycles. The zero-order valence-electron chi connectivity index (χ0n) is 24.2. The van der Waals surface area contributed by atoms with E-state index in [2.05, 4.69) is 50.2 Å². The van der Waals surface area contributed by atoms with Crippen molar-refractivity contribution in [2.45, 2.75) is 62.6 Å². The number of halogens is 6. The van der Waals surface area contributed by atoms with Crippen LogP contribution in [0.5, 0.6) is 0 Å². The topological polar surface area (TPSA) is 174 Å². The van der Waals surface area contributed by atoms with Crippen molar-refractivity contribution in [3.05, 3.63) is 66.1 Å². The number of aromatic nitrogens is 2. The molecule has 0 radical (unpaired) electrons. The van der Waals surface area contributed by atoms with E-state index < -0.39 is 30.3 Å². The maximum atomic E-state index is 12.8. The number of hydrogen-bond donors (Lipinski definition) is 6. The number of aromatic amines is 1. The number of nitrogens with one attached hydrogen (secondary N) is 4. The van der Waals surface area contributed by atoms with Gasteiger partial charge in [0.15, 0.2) is 0 Å². The average Bonchev–Trinajstić information content (AvgIpc) is 3.44. The number of aliphatic carboxylic acids is 2. The zero-order chi connectivity index (χ0) is 34.3. The van der Waals surface area contributed by atoms with Gasteiger partial charge in [-0.25, -0.2) is 9.59 Å². The maximum absolute atomic E-state index is 12.8. The van der Waals surface area contributed by atoms with Crippen LogP contribution in [0.4, 0.5) is 26.3 Å². The van der Waals surface area contributed by atoms with Crippen molar-refractivity contribution in [3.8, 4) is 0 Å². The molecule has 2 amide bonds. The second kappa shape index (κ2) is 14.6. The van der Waals surface area contributed by atoms with Gasteiger partial charge in [0, 0.05) is 29.0 Å². The van der Waals surface area contributed by atoms with Gasteiger partial charge in [-0.15, -0.1) is 0 Å². The number of benzene rings is 1. The Kier molecular flexibility index (Phi) is 11.4. The van der Waals surface area contributed by atoms with Crippen molar-refractivity contribution in [1.82, 2.24) is 25.9 Å². The quantitative estimate of drug-likeness (QED) is 0.209.